The first-order valence-electron chi connectivity index (χ1n) is 8.05. The Kier molecular flexibility index (Phi) is 4.62. The van der Waals surface area contributed by atoms with Crippen LogP contribution in [-0.4, -0.2) is 33.0 Å². The molecule has 0 aliphatic carbocycles. The normalized spacial score (nSPS) is 10.7. The highest BCUT2D eigenvalue weighted by atomic mass is 16.5. The minimum absolute atomic E-state index is 0.0929. The van der Waals surface area contributed by atoms with Gasteiger partial charge in [0.25, 0.3) is 0 Å². The first-order valence-corrected chi connectivity index (χ1v) is 8.05. The molecule has 2 N–H and O–H groups in total. The van der Waals surface area contributed by atoms with E-state index in [-0.39, 0.29) is 18.2 Å². The van der Waals surface area contributed by atoms with Crippen molar-refractivity contribution in [2.45, 2.75) is 6.42 Å². The van der Waals surface area contributed by atoms with Gasteiger partial charge in [0.1, 0.15) is 11.5 Å². The number of methoxy groups -OCH3 is 1. The minimum atomic E-state index is -0.379. The summed E-state index contributed by atoms with van der Waals surface area (Å²) in [6.45, 7) is 0. The van der Waals surface area contributed by atoms with Crippen molar-refractivity contribution in [1.82, 2.24) is 14.1 Å². The Morgan fingerprint density at radius 1 is 1.08 bits per heavy atom. The fourth-order valence-corrected chi connectivity index (χ4v) is 2.86. The van der Waals surface area contributed by atoms with Gasteiger partial charge in [0, 0.05) is 38.5 Å². The van der Waals surface area contributed by atoms with Gasteiger partial charge in [-0.15, -0.1) is 0 Å². The van der Waals surface area contributed by atoms with Gasteiger partial charge in [0.15, 0.2) is 5.82 Å². The molecule has 1 aromatic carbocycles. The van der Waals surface area contributed by atoms with Gasteiger partial charge in [0.05, 0.1) is 7.11 Å². The highest BCUT2D eigenvalue weighted by Crippen LogP contribution is 2.23. The van der Waals surface area contributed by atoms with Crippen molar-refractivity contribution >= 4 is 17.6 Å². The largest absolute Gasteiger partial charge is 0.464 e. The van der Waals surface area contributed by atoms with Gasteiger partial charge in [-0.05, 0) is 17.2 Å². The molecular formula is C19H20N4O3. The van der Waals surface area contributed by atoms with Crippen LogP contribution >= 0.6 is 0 Å². The fraction of sp³-hybridized carbons (Fsp3) is 0.211. The minimum Gasteiger partial charge on any atom is -0.464 e. The number of imidazole rings is 1. The Balaban J connectivity index is 1.78. The smallest absolute Gasteiger partial charge is 0.354 e. The molecule has 3 aromatic rings. The molecule has 7 heteroatoms. The van der Waals surface area contributed by atoms with Gasteiger partial charge in [-0.3, -0.25) is 4.79 Å². The Morgan fingerprint density at radius 2 is 1.77 bits per heavy atom. The second-order valence-corrected chi connectivity index (χ2v) is 6.11. The van der Waals surface area contributed by atoms with Crippen LogP contribution in [-0.2, 0) is 25.3 Å². The maximum Gasteiger partial charge on any atom is 0.354 e. The van der Waals surface area contributed by atoms with E-state index in [1.807, 2.05) is 30.5 Å². The van der Waals surface area contributed by atoms with Crippen molar-refractivity contribution in [3.63, 3.8) is 0 Å². The number of nitrogens with two attached hydrogens (primary N) is 1. The Labute approximate surface area is 151 Å². The molecule has 7 nitrogen and oxygen atoms in total. The second-order valence-electron chi connectivity index (χ2n) is 6.11. The molecule has 0 spiro atoms. The lowest BCUT2D eigenvalue weighted by Gasteiger charge is -2.03. The molecule has 2 aromatic heterocycles. The molecule has 0 amide bonds. The number of Topliss-reactive ketones (excluding diaryl/α,β-unsaturated/α-hetero) is 1. The third-order valence-corrected chi connectivity index (χ3v) is 4.20. The van der Waals surface area contributed by atoms with Crippen LogP contribution in [0.4, 0.5) is 5.82 Å². The predicted molar refractivity (Wildman–Crippen MR) is 97.8 cm³/mol. The zero-order chi connectivity index (χ0) is 18.8. The summed E-state index contributed by atoms with van der Waals surface area (Å²) in [5, 5.41) is 0. The maximum atomic E-state index is 12.4. The van der Waals surface area contributed by atoms with Crippen molar-refractivity contribution in [1.29, 1.82) is 0 Å². The molecule has 3 rings (SSSR count). The monoisotopic (exact) mass is 352 g/mol. The van der Waals surface area contributed by atoms with E-state index in [1.54, 1.807) is 35.5 Å². The number of anilines is 1. The number of carbonyl (C=O) groups is 2. The summed E-state index contributed by atoms with van der Waals surface area (Å²) in [6, 6.07) is 9.41. The van der Waals surface area contributed by atoms with Crippen molar-refractivity contribution in [2.24, 2.45) is 14.1 Å². The number of hydrogen-bond donors (Lipinski definition) is 1. The average Bonchev–Trinajstić information content (AvgIpc) is 3.17. The van der Waals surface area contributed by atoms with Crippen LogP contribution in [0.25, 0.3) is 11.1 Å². The number of ketones is 1. The molecule has 0 bridgehead atoms. The van der Waals surface area contributed by atoms with Crippen LogP contribution < -0.4 is 5.73 Å². The number of carbonyl (C=O) groups excluding carboxylic acids is 2. The number of nitrogen functional groups attached to an aromatic ring is 1. The van der Waals surface area contributed by atoms with Gasteiger partial charge in [0.2, 0.25) is 5.78 Å². The molecule has 0 aliphatic heterocycles. The van der Waals surface area contributed by atoms with E-state index in [9.17, 15) is 9.59 Å². The van der Waals surface area contributed by atoms with Crippen molar-refractivity contribution < 1.29 is 14.3 Å². The molecule has 0 saturated carbocycles. The topological polar surface area (TPSA) is 92.1 Å². The quantitative estimate of drug-likeness (QED) is 0.561. The van der Waals surface area contributed by atoms with Crippen molar-refractivity contribution in [2.75, 3.05) is 12.8 Å². The van der Waals surface area contributed by atoms with E-state index in [0.717, 1.165) is 16.7 Å². The van der Waals surface area contributed by atoms with E-state index < -0.39 is 0 Å². The standard InChI is InChI=1S/C19H20N4O3/c1-22-10-14(9-15(22)19(25)26-3)13-6-4-12(5-7-13)8-16(24)18-21-17(20)11-23(18)2/h4-7,9-11H,8,20H2,1-3H3. The highest BCUT2D eigenvalue weighted by Gasteiger charge is 2.15. The van der Waals surface area contributed by atoms with Crippen LogP contribution in [0.5, 0.6) is 0 Å². The Bertz CT molecular complexity index is 967. The number of ether oxygens (including phenoxy) is 1. The molecule has 0 unspecified atom stereocenters. The van der Waals surface area contributed by atoms with E-state index >= 15 is 0 Å². The molecule has 26 heavy (non-hydrogen) atoms. The van der Waals surface area contributed by atoms with Gasteiger partial charge >= 0.3 is 5.97 Å². The lowest BCUT2D eigenvalue weighted by molar-refractivity contribution is 0.0590. The number of esters is 1. The van der Waals surface area contributed by atoms with Gasteiger partial charge in [-0.25, -0.2) is 9.78 Å². The van der Waals surface area contributed by atoms with E-state index in [2.05, 4.69) is 4.98 Å². The molecule has 0 radical (unpaired) electrons. The SMILES string of the molecule is COC(=O)c1cc(-c2ccc(CC(=O)c3nc(N)cn3C)cc2)cn1C. The van der Waals surface area contributed by atoms with Crippen molar-refractivity contribution in [3.05, 3.63) is 59.8 Å². The Hall–Kier alpha value is -3.35. The summed E-state index contributed by atoms with van der Waals surface area (Å²) in [6.07, 6.45) is 3.72. The number of benzene rings is 1. The van der Waals surface area contributed by atoms with E-state index in [0.29, 0.717) is 17.3 Å². The fourth-order valence-electron chi connectivity index (χ4n) is 2.86. The van der Waals surface area contributed by atoms with Crippen LogP contribution in [0.3, 0.4) is 0 Å². The first kappa shape index (κ1) is 17.5. The molecule has 2 heterocycles. The summed E-state index contributed by atoms with van der Waals surface area (Å²) < 4.78 is 8.12. The number of hydrogen-bond acceptors (Lipinski definition) is 5. The average molecular weight is 352 g/mol. The predicted octanol–water partition coefficient (Wildman–Crippen LogP) is 2.22. The summed E-state index contributed by atoms with van der Waals surface area (Å²) in [4.78, 5) is 28.1. The summed E-state index contributed by atoms with van der Waals surface area (Å²) in [7, 11) is 4.89. The van der Waals surface area contributed by atoms with Gasteiger partial charge in [-0.2, -0.15) is 0 Å². The lowest BCUT2D eigenvalue weighted by Crippen LogP contribution is -2.10. The van der Waals surface area contributed by atoms with Crippen molar-refractivity contribution in [3.8, 4) is 11.1 Å². The molecule has 0 atom stereocenters. The number of rotatable bonds is 5. The van der Waals surface area contributed by atoms with E-state index in [1.165, 1.54) is 7.11 Å². The van der Waals surface area contributed by atoms with E-state index in [4.69, 9.17) is 10.5 Å². The second kappa shape index (κ2) is 6.87. The maximum absolute atomic E-state index is 12.4. The third-order valence-electron chi connectivity index (χ3n) is 4.20. The first-order chi connectivity index (χ1) is 12.4. The molecule has 0 saturated heterocycles. The molecule has 0 aliphatic rings. The van der Waals surface area contributed by atoms with Crippen LogP contribution in [0.15, 0.2) is 42.7 Å². The highest BCUT2D eigenvalue weighted by molar-refractivity contribution is 5.95. The Morgan fingerprint density at radius 3 is 2.35 bits per heavy atom. The zero-order valence-corrected chi connectivity index (χ0v) is 14.9. The number of aromatic nitrogens is 3. The molecule has 0 fully saturated rings. The van der Waals surface area contributed by atoms with Crippen LogP contribution in [0, 0.1) is 0 Å². The van der Waals surface area contributed by atoms with Crippen LogP contribution in [0.2, 0.25) is 0 Å². The summed E-state index contributed by atoms with van der Waals surface area (Å²) in [5.74, 6) is 0.203. The molecule has 134 valence electrons. The summed E-state index contributed by atoms with van der Waals surface area (Å²) in [5.41, 5.74) is 8.84. The number of aryl methyl sites for hydroxylation is 2. The number of nitrogens with zero attached hydrogens (tertiary/aromatic N) is 3. The van der Waals surface area contributed by atoms with Crippen LogP contribution in [0.1, 0.15) is 26.7 Å². The molecular weight excluding hydrogens is 332 g/mol. The van der Waals surface area contributed by atoms with Gasteiger partial charge in [-0.1, -0.05) is 24.3 Å². The van der Waals surface area contributed by atoms with Gasteiger partial charge < -0.3 is 19.6 Å². The lowest BCUT2D eigenvalue weighted by atomic mass is 10.0. The summed E-state index contributed by atoms with van der Waals surface area (Å²) >= 11 is 0. The third kappa shape index (κ3) is 3.37. The zero-order valence-electron chi connectivity index (χ0n) is 14.9.